The second-order valence-electron chi connectivity index (χ2n) is 5.49. The van der Waals surface area contributed by atoms with Crippen LogP contribution in [0.25, 0.3) is 0 Å². The average molecular weight is 404 g/mol. The van der Waals surface area contributed by atoms with E-state index in [0.717, 1.165) is 17.8 Å². The van der Waals surface area contributed by atoms with Gasteiger partial charge in [0.25, 0.3) is 5.69 Å². The van der Waals surface area contributed by atoms with Crippen LogP contribution in [-0.2, 0) is 13.2 Å². The molecule has 144 valence electrons. The summed E-state index contributed by atoms with van der Waals surface area (Å²) in [7, 11) is 0. The minimum atomic E-state index is -0.739. The van der Waals surface area contributed by atoms with Crippen molar-refractivity contribution in [3.63, 3.8) is 0 Å². The molecule has 28 heavy (non-hydrogen) atoms. The number of ether oxygens (including phenoxy) is 1. The molecular weight excluding hydrogens is 390 g/mol. The molecule has 0 amide bonds. The Labute approximate surface area is 162 Å². The van der Waals surface area contributed by atoms with Crippen LogP contribution in [0.2, 0.25) is 0 Å². The third-order valence-corrected chi connectivity index (χ3v) is 4.66. The van der Waals surface area contributed by atoms with Crippen LogP contribution < -0.4 is 4.74 Å². The highest BCUT2D eigenvalue weighted by atomic mass is 32.2. The fraction of sp³-hybridized carbons (Fsp3) is 0.111. The number of benzene rings is 2. The monoisotopic (exact) mass is 404 g/mol. The van der Waals surface area contributed by atoms with Gasteiger partial charge >= 0.3 is 0 Å². The second kappa shape index (κ2) is 8.61. The lowest BCUT2D eigenvalue weighted by Crippen LogP contribution is -2.08. The lowest BCUT2D eigenvalue weighted by atomic mass is 10.3. The Morgan fingerprint density at radius 2 is 2.00 bits per heavy atom. The van der Waals surface area contributed by atoms with Crippen molar-refractivity contribution in [1.29, 1.82) is 0 Å². The van der Waals surface area contributed by atoms with Gasteiger partial charge in [-0.15, -0.1) is 16.8 Å². The van der Waals surface area contributed by atoms with Gasteiger partial charge in [0, 0.05) is 12.6 Å². The van der Waals surface area contributed by atoms with Crippen molar-refractivity contribution in [3.05, 3.63) is 82.7 Å². The Morgan fingerprint density at radius 1 is 1.21 bits per heavy atom. The number of para-hydroxylation sites is 1. The van der Waals surface area contributed by atoms with Crippen molar-refractivity contribution in [2.24, 2.45) is 0 Å². The van der Waals surface area contributed by atoms with E-state index in [4.69, 9.17) is 4.74 Å². The zero-order valence-electron chi connectivity index (χ0n) is 14.4. The highest BCUT2D eigenvalue weighted by Crippen LogP contribution is 2.31. The number of non-ortho nitro benzene ring substituents is 1. The van der Waals surface area contributed by atoms with Crippen LogP contribution in [0.1, 0.15) is 5.82 Å². The van der Waals surface area contributed by atoms with Crippen molar-refractivity contribution in [3.8, 4) is 5.75 Å². The third kappa shape index (κ3) is 4.34. The summed E-state index contributed by atoms with van der Waals surface area (Å²) in [5.74, 6) is -0.768. The van der Waals surface area contributed by atoms with Crippen LogP contribution in [0, 0.1) is 21.7 Å². The summed E-state index contributed by atoms with van der Waals surface area (Å²) >= 11 is 0.961. The number of hydrogen-bond acceptors (Lipinski definition) is 6. The lowest BCUT2D eigenvalue weighted by Gasteiger charge is -2.09. The second-order valence-corrected chi connectivity index (χ2v) is 6.50. The third-order valence-electron chi connectivity index (χ3n) is 3.63. The van der Waals surface area contributed by atoms with E-state index in [0.29, 0.717) is 17.5 Å². The molecule has 0 bridgehead atoms. The molecule has 0 N–H and O–H groups in total. The molecule has 2 aromatic carbocycles. The Morgan fingerprint density at radius 3 is 2.68 bits per heavy atom. The smallest absolute Gasteiger partial charge is 0.272 e. The van der Waals surface area contributed by atoms with E-state index in [2.05, 4.69) is 16.8 Å². The van der Waals surface area contributed by atoms with Crippen LogP contribution in [-0.4, -0.2) is 19.7 Å². The van der Waals surface area contributed by atoms with Gasteiger partial charge in [-0.3, -0.25) is 14.7 Å². The normalized spacial score (nSPS) is 10.6. The van der Waals surface area contributed by atoms with Crippen LogP contribution in [0.5, 0.6) is 5.75 Å². The number of allylic oxidation sites excluding steroid dienone is 1. The van der Waals surface area contributed by atoms with Crippen molar-refractivity contribution in [1.82, 2.24) is 14.8 Å². The molecule has 10 heteroatoms. The van der Waals surface area contributed by atoms with Crippen LogP contribution in [0.4, 0.5) is 14.5 Å². The van der Waals surface area contributed by atoms with E-state index in [1.54, 1.807) is 22.8 Å². The minimum Gasteiger partial charge on any atom is -0.483 e. The maximum Gasteiger partial charge on any atom is 0.272 e. The summed E-state index contributed by atoms with van der Waals surface area (Å²) < 4.78 is 34.9. The molecule has 3 rings (SSSR count). The summed E-state index contributed by atoms with van der Waals surface area (Å²) in [6.45, 7) is 3.94. The van der Waals surface area contributed by atoms with Gasteiger partial charge in [-0.25, -0.2) is 8.78 Å². The predicted molar refractivity (Wildman–Crippen MR) is 98.1 cm³/mol. The zero-order chi connectivity index (χ0) is 20.1. The first-order valence-electron chi connectivity index (χ1n) is 8.01. The molecule has 7 nitrogen and oxygen atoms in total. The summed E-state index contributed by atoms with van der Waals surface area (Å²) in [4.78, 5) is 10.2. The highest BCUT2D eigenvalue weighted by Gasteiger charge is 2.17. The first-order valence-corrected chi connectivity index (χ1v) is 8.83. The summed E-state index contributed by atoms with van der Waals surface area (Å²) in [5.41, 5.74) is -0.339. The van der Waals surface area contributed by atoms with Gasteiger partial charge in [0.1, 0.15) is 12.4 Å². The van der Waals surface area contributed by atoms with E-state index < -0.39 is 16.6 Å². The fourth-order valence-corrected chi connectivity index (χ4v) is 3.16. The van der Waals surface area contributed by atoms with Crippen LogP contribution in [0.3, 0.4) is 0 Å². The molecule has 0 saturated carbocycles. The Balaban J connectivity index is 1.81. The van der Waals surface area contributed by atoms with Gasteiger partial charge in [-0.05, 0) is 30.0 Å². The molecule has 0 fully saturated rings. The Kier molecular flexibility index (Phi) is 5.99. The molecule has 0 aliphatic carbocycles. The zero-order valence-corrected chi connectivity index (χ0v) is 15.2. The van der Waals surface area contributed by atoms with Gasteiger partial charge < -0.3 is 4.74 Å². The average Bonchev–Trinajstić information content (AvgIpc) is 3.04. The molecule has 1 aromatic heterocycles. The quantitative estimate of drug-likeness (QED) is 0.315. The van der Waals surface area contributed by atoms with Gasteiger partial charge in [-0.2, -0.15) is 0 Å². The van der Waals surface area contributed by atoms with Gasteiger partial charge in [0.15, 0.2) is 22.5 Å². The Hall–Kier alpha value is -3.27. The molecule has 3 aromatic rings. The summed E-state index contributed by atoms with van der Waals surface area (Å²) in [6.07, 6.45) is 1.60. The van der Waals surface area contributed by atoms with Crippen molar-refractivity contribution in [2.75, 3.05) is 0 Å². The number of aromatic nitrogens is 3. The van der Waals surface area contributed by atoms with E-state index in [1.165, 1.54) is 24.3 Å². The maximum absolute atomic E-state index is 14.2. The standard InChI is InChI=1S/C18H14F2N4O3S/c1-2-9-23-17(11-27-15-6-4-3-5-13(15)19)21-22-18(23)28-16-8-7-12(24(25)26)10-14(16)20/h2-8,10H,1,9,11H2. The molecule has 0 aliphatic heterocycles. The maximum atomic E-state index is 14.2. The molecule has 0 unspecified atom stereocenters. The first kappa shape index (κ1) is 19.5. The first-order chi connectivity index (χ1) is 13.5. The van der Waals surface area contributed by atoms with Crippen LogP contribution >= 0.6 is 11.8 Å². The minimum absolute atomic E-state index is 0.0505. The fourth-order valence-electron chi connectivity index (χ4n) is 2.30. The number of halogens is 2. The number of hydrogen-bond donors (Lipinski definition) is 0. The van der Waals surface area contributed by atoms with Gasteiger partial charge in [0.05, 0.1) is 15.9 Å². The molecular formula is C18H14F2N4O3S. The SMILES string of the molecule is C=CCn1c(COc2ccccc2F)nnc1Sc1ccc([N+](=O)[O-])cc1F. The molecule has 0 atom stereocenters. The van der Waals surface area contributed by atoms with E-state index in [9.17, 15) is 18.9 Å². The van der Waals surface area contributed by atoms with Gasteiger partial charge in [0.2, 0.25) is 0 Å². The van der Waals surface area contributed by atoms with Crippen LogP contribution in [0.15, 0.2) is 65.2 Å². The molecule has 0 saturated heterocycles. The van der Waals surface area contributed by atoms with E-state index >= 15 is 0 Å². The van der Waals surface area contributed by atoms with Crippen molar-refractivity contribution >= 4 is 17.4 Å². The molecule has 0 spiro atoms. The van der Waals surface area contributed by atoms with Crippen molar-refractivity contribution < 1.29 is 18.4 Å². The Bertz CT molecular complexity index is 1030. The summed E-state index contributed by atoms with van der Waals surface area (Å²) in [6, 6.07) is 9.33. The molecule has 1 heterocycles. The number of rotatable bonds is 8. The largest absolute Gasteiger partial charge is 0.483 e. The van der Waals surface area contributed by atoms with Gasteiger partial charge in [-0.1, -0.05) is 18.2 Å². The highest BCUT2D eigenvalue weighted by molar-refractivity contribution is 7.99. The molecule has 0 radical (unpaired) electrons. The van der Waals surface area contributed by atoms with Crippen molar-refractivity contribution in [2.45, 2.75) is 23.2 Å². The summed E-state index contributed by atoms with van der Waals surface area (Å²) in [5, 5.41) is 19.1. The number of nitro groups is 1. The number of nitrogens with zero attached hydrogens (tertiary/aromatic N) is 4. The number of nitro benzene ring substituents is 1. The van der Waals surface area contributed by atoms with E-state index in [-0.39, 0.29) is 22.9 Å². The topological polar surface area (TPSA) is 83.1 Å². The lowest BCUT2D eigenvalue weighted by molar-refractivity contribution is -0.385. The molecule has 0 aliphatic rings. The predicted octanol–water partition coefficient (Wildman–Crippen LogP) is 4.38. The van der Waals surface area contributed by atoms with E-state index in [1.807, 2.05) is 0 Å².